The first-order valence-corrected chi connectivity index (χ1v) is 9.97. The molecule has 1 amide bonds. The molecular formula is C24H31NO2. The van der Waals surface area contributed by atoms with Crippen LogP contribution in [0.25, 0.3) is 0 Å². The predicted molar refractivity (Wildman–Crippen MR) is 110 cm³/mol. The number of hydrogen-bond acceptors (Lipinski definition) is 2. The minimum atomic E-state index is -0.0971. The summed E-state index contributed by atoms with van der Waals surface area (Å²) < 4.78 is 5.65. The van der Waals surface area contributed by atoms with Crippen molar-refractivity contribution < 1.29 is 9.53 Å². The summed E-state index contributed by atoms with van der Waals surface area (Å²) >= 11 is 0. The van der Waals surface area contributed by atoms with Gasteiger partial charge in [0, 0.05) is 0 Å². The van der Waals surface area contributed by atoms with Gasteiger partial charge in [-0.1, -0.05) is 51.1 Å². The van der Waals surface area contributed by atoms with Crippen LogP contribution in [0.2, 0.25) is 0 Å². The smallest absolute Gasteiger partial charge is 0.258 e. The van der Waals surface area contributed by atoms with Crippen molar-refractivity contribution in [2.45, 2.75) is 64.8 Å². The van der Waals surface area contributed by atoms with Crippen molar-refractivity contribution >= 4 is 5.91 Å². The van der Waals surface area contributed by atoms with Gasteiger partial charge in [-0.3, -0.25) is 4.79 Å². The standard InChI is InChI=1S/C24H31NO2/c1-17(19-10-9-18-7-5-6-8-20(18)15-19)25-23(26)16-27-22-13-11-21(12-14-22)24(2,3)4/h9-15,17H,5-8,16H2,1-4H3,(H,25,26)/t17-/m1/s1. The Labute approximate surface area is 163 Å². The normalized spacial score (nSPS) is 15.0. The summed E-state index contributed by atoms with van der Waals surface area (Å²) in [6.07, 6.45) is 4.88. The third kappa shape index (κ3) is 5.12. The van der Waals surface area contributed by atoms with Gasteiger partial charge in [0.15, 0.2) is 6.61 Å². The highest BCUT2D eigenvalue weighted by molar-refractivity contribution is 5.78. The van der Waals surface area contributed by atoms with E-state index >= 15 is 0 Å². The van der Waals surface area contributed by atoms with Crippen molar-refractivity contribution in [1.82, 2.24) is 5.32 Å². The van der Waals surface area contributed by atoms with E-state index in [4.69, 9.17) is 4.74 Å². The summed E-state index contributed by atoms with van der Waals surface area (Å²) in [5.74, 6) is 0.625. The molecule has 1 aliphatic rings. The molecular weight excluding hydrogens is 334 g/mol. The number of benzene rings is 2. The first-order valence-electron chi connectivity index (χ1n) is 9.97. The molecule has 2 aromatic rings. The van der Waals surface area contributed by atoms with Gasteiger partial charge in [-0.05, 0) is 72.4 Å². The topological polar surface area (TPSA) is 38.3 Å². The number of rotatable bonds is 5. The zero-order valence-corrected chi connectivity index (χ0v) is 17.0. The van der Waals surface area contributed by atoms with Crippen LogP contribution in [-0.2, 0) is 23.1 Å². The fraction of sp³-hybridized carbons (Fsp3) is 0.458. The van der Waals surface area contributed by atoms with E-state index in [1.807, 2.05) is 19.1 Å². The van der Waals surface area contributed by atoms with Crippen molar-refractivity contribution in [1.29, 1.82) is 0 Å². The Bertz CT molecular complexity index is 787. The van der Waals surface area contributed by atoms with Gasteiger partial charge in [-0.15, -0.1) is 0 Å². The highest BCUT2D eigenvalue weighted by atomic mass is 16.5. The molecule has 0 unspecified atom stereocenters. The highest BCUT2D eigenvalue weighted by Gasteiger charge is 2.15. The monoisotopic (exact) mass is 365 g/mol. The molecule has 1 atom stereocenters. The maximum atomic E-state index is 12.3. The van der Waals surface area contributed by atoms with E-state index < -0.39 is 0 Å². The minimum absolute atomic E-state index is 0.0170. The fourth-order valence-corrected chi connectivity index (χ4v) is 3.59. The number of nitrogens with one attached hydrogen (secondary N) is 1. The van der Waals surface area contributed by atoms with E-state index in [1.165, 1.54) is 41.5 Å². The van der Waals surface area contributed by atoms with E-state index in [0.29, 0.717) is 0 Å². The Hall–Kier alpha value is -2.29. The fourth-order valence-electron chi connectivity index (χ4n) is 3.59. The van der Waals surface area contributed by atoms with Crippen molar-refractivity contribution in [2.24, 2.45) is 0 Å². The van der Waals surface area contributed by atoms with Crippen LogP contribution >= 0.6 is 0 Å². The van der Waals surface area contributed by atoms with Crippen LogP contribution in [0.5, 0.6) is 5.75 Å². The van der Waals surface area contributed by atoms with E-state index in [9.17, 15) is 4.79 Å². The Morgan fingerprint density at radius 2 is 1.70 bits per heavy atom. The molecule has 0 aliphatic heterocycles. The van der Waals surface area contributed by atoms with Crippen LogP contribution in [0.1, 0.15) is 68.8 Å². The van der Waals surface area contributed by atoms with Crippen LogP contribution in [0.15, 0.2) is 42.5 Å². The SMILES string of the molecule is C[C@@H](NC(=O)COc1ccc(C(C)(C)C)cc1)c1ccc2c(c1)CCCC2. The molecule has 2 aromatic carbocycles. The van der Waals surface area contributed by atoms with Gasteiger partial charge in [-0.2, -0.15) is 0 Å². The first-order chi connectivity index (χ1) is 12.8. The van der Waals surface area contributed by atoms with Crippen molar-refractivity contribution in [3.63, 3.8) is 0 Å². The first kappa shape index (κ1) is 19.5. The van der Waals surface area contributed by atoms with E-state index in [1.54, 1.807) is 0 Å². The van der Waals surface area contributed by atoms with Crippen LogP contribution in [0, 0.1) is 0 Å². The molecule has 3 heteroatoms. The number of carbonyl (C=O) groups excluding carboxylic acids is 1. The predicted octanol–water partition coefficient (Wildman–Crippen LogP) is 5.12. The van der Waals surface area contributed by atoms with Crippen LogP contribution in [-0.4, -0.2) is 12.5 Å². The maximum Gasteiger partial charge on any atom is 0.258 e. The molecule has 3 nitrogen and oxygen atoms in total. The van der Waals surface area contributed by atoms with E-state index in [-0.39, 0.29) is 24.0 Å². The van der Waals surface area contributed by atoms with Gasteiger partial charge in [-0.25, -0.2) is 0 Å². The summed E-state index contributed by atoms with van der Waals surface area (Å²) in [5, 5.41) is 3.04. The van der Waals surface area contributed by atoms with Crippen LogP contribution in [0.3, 0.4) is 0 Å². The summed E-state index contributed by atoms with van der Waals surface area (Å²) in [4.78, 5) is 12.3. The van der Waals surface area contributed by atoms with Crippen LogP contribution in [0.4, 0.5) is 0 Å². The maximum absolute atomic E-state index is 12.3. The quantitative estimate of drug-likeness (QED) is 0.799. The molecule has 144 valence electrons. The summed E-state index contributed by atoms with van der Waals surface area (Å²) in [5.41, 5.74) is 5.43. The molecule has 0 heterocycles. The van der Waals surface area contributed by atoms with Gasteiger partial charge in [0.25, 0.3) is 5.91 Å². The van der Waals surface area contributed by atoms with E-state index in [0.717, 1.165) is 12.2 Å². The molecule has 0 fully saturated rings. The largest absolute Gasteiger partial charge is 0.484 e. The molecule has 3 rings (SSSR count). The second kappa shape index (κ2) is 8.16. The Balaban J connectivity index is 1.53. The van der Waals surface area contributed by atoms with Gasteiger partial charge in [0.05, 0.1) is 6.04 Å². The Morgan fingerprint density at radius 1 is 1.04 bits per heavy atom. The van der Waals surface area contributed by atoms with Gasteiger partial charge in [0.2, 0.25) is 0 Å². The molecule has 27 heavy (non-hydrogen) atoms. The molecule has 0 saturated heterocycles. The Kier molecular flexibility index (Phi) is 5.88. The number of hydrogen-bond donors (Lipinski definition) is 1. The van der Waals surface area contributed by atoms with Gasteiger partial charge in [0.1, 0.15) is 5.75 Å². The number of amides is 1. The van der Waals surface area contributed by atoms with E-state index in [2.05, 4.69) is 56.4 Å². The molecule has 0 spiro atoms. The van der Waals surface area contributed by atoms with Crippen molar-refractivity contribution in [3.8, 4) is 5.75 Å². The number of fused-ring (bicyclic) bond motifs is 1. The molecule has 0 bridgehead atoms. The summed E-state index contributed by atoms with van der Waals surface area (Å²) in [6, 6.07) is 14.6. The second-order valence-corrected chi connectivity index (χ2v) is 8.59. The lowest BCUT2D eigenvalue weighted by atomic mass is 9.87. The zero-order chi connectivity index (χ0) is 19.4. The van der Waals surface area contributed by atoms with Crippen LogP contribution < -0.4 is 10.1 Å². The molecule has 1 aliphatic carbocycles. The third-order valence-electron chi connectivity index (χ3n) is 5.34. The highest BCUT2D eigenvalue weighted by Crippen LogP contribution is 2.25. The number of aryl methyl sites for hydroxylation is 2. The number of carbonyl (C=O) groups is 1. The van der Waals surface area contributed by atoms with Crippen molar-refractivity contribution in [2.75, 3.05) is 6.61 Å². The van der Waals surface area contributed by atoms with Crippen molar-refractivity contribution in [3.05, 3.63) is 64.7 Å². The molecule has 0 radical (unpaired) electrons. The third-order valence-corrected chi connectivity index (χ3v) is 5.34. The molecule has 0 aromatic heterocycles. The zero-order valence-electron chi connectivity index (χ0n) is 17.0. The van der Waals surface area contributed by atoms with Gasteiger partial charge < -0.3 is 10.1 Å². The average Bonchev–Trinajstić information content (AvgIpc) is 2.65. The molecule has 0 saturated carbocycles. The second-order valence-electron chi connectivity index (χ2n) is 8.59. The lowest BCUT2D eigenvalue weighted by Crippen LogP contribution is -2.31. The summed E-state index contributed by atoms with van der Waals surface area (Å²) in [7, 11) is 0. The minimum Gasteiger partial charge on any atom is -0.484 e. The lowest BCUT2D eigenvalue weighted by molar-refractivity contribution is -0.123. The summed E-state index contributed by atoms with van der Waals surface area (Å²) in [6.45, 7) is 8.60. The molecule has 1 N–H and O–H groups in total. The average molecular weight is 366 g/mol. The number of ether oxygens (including phenoxy) is 1. The van der Waals surface area contributed by atoms with Gasteiger partial charge >= 0.3 is 0 Å². The lowest BCUT2D eigenvalue weighted by Gasteiger charge is -2.20. The Morgan fingerprint density at radius 3 is 2.37 bits per heavy atom.